The SMILES string of the molecule is CCOC(=O)c1cc(N)cc(-c2cnc(NC(C)C)c(=O)n2CC(=O)NCc2ccc(C(=N)NC(=O)OCc3ccccc3)cc2)c1. The second-order valence-electron chi connectivity index (χ2n) is 10.8. The first-order valence-electron chi connectivity index (χ1n) is 14.9. The summed E-state index contributed by atoms with van der Waals surface area (Å²) in [4.78, 5) is 55.4. The molecule has 1 heterocycles. The molecule has 1 aromatic heterocycles. The van der Waals surface area contributed by atoms with Gasteiger partial charge in [0.2, 0.25) is 5.91 Å². The number of esters is 1. The minimum atomic E-state index is -0.747. The van der Waals surface area contributed by atoms with Crippen LogP contribution >= 0.6 is 0 Å². The Labute approximate surface area is 271 Å². The fourth-order valence-corrected chi connectivity index (χ4v) is 4.50. The fourth-order valence-electron chi connectivity index (χ4n) is 4.50. The Morgan fingerprint density at radius 2 is 1.68 bits per heavy atom. The molecule has 13 nitrogen and oxygen atoms in total. The average molecular weight is 640 g/mol. The molecule has 2 amide bonds. The second-order valence-corrected chi connectivity index (χ2v) is 10.8. The quantitative estimate of drug-likeness (QED) is 0.0659. The van der Waals surface area contributed by atoms with E-state index in [-0.39, 0.29) is 60.9 Å². The summed E-state index contributed by atoms with van der Waals surface area (Å²) < 4.78 is 11.5. The van der Waals surface area contributed by atoms with Crippen molar-refractivity contribution in [2.45, 2.75) is 46.5 Å². The van der Waals surface area contributed by atoms with Gasteiger partial charge < -0.3 is 25.8 Å². The number of amides is 2. The van der Waals surface area contributed by atoms with Gasteiger partial charge in [0.15, 0.2) is 5.82 Å². The molecule has 6 N–H and O–H groups in total. The zero-order valence-electron chi connectivity index (χ0n) is 26.3. The van der Waals surface area contributed by atoms with Crippen LogP contribution in [0.4, 0.5) is 16.3 Å². The molecule has 0 saturated heterocycles. The highest BCUT2D eigenvalue weighted by Crippen LogP contribution is 2.24. The molecule has 0 aliphatic heterocycles. The van der Waals surface area contributed by atoms with Gasteiger partial charge in [-0.25, -0.2) is 14.6 Å². The first kappa shape index (κ1) is 33.9. The van der Waals surface area contributed by atoms with Gasteiger partial charge in [-0.15, -0.1) is 0 Å². The predicted molar refractivity (Wildman–Crippen MR) is 178 cm³/mol. The first-order valence-corrected chi connectivity index (χ1v) is 14.9. The average Bonchev–Trinajstić information content (AvgIpc) is 3.05. The molecule has 244 valence electrons. The van der Waals surface area contributed by atoms with E-state index in [1.807, 2.05) is 44.2 Å². The molecule has 0 fully saturated rings. The molecule has 0 aliphatic rings. The van der Waals surface area contributed by atoms with E-state index < -0.39 is 23.5 Å². The van der Waals surface area contributed by atoms with Gasteiger partial charge in [0.05, 0.1) is 24.1 Å². The fraction of sp³-hybridized carbons (Fsp3) is 0.235. The number of benzene rings is 3. The molecule has 13 heteroatoms. The molecule has 0 spiro atoms. The van der Waals surface area contributed by atoms with E-state index >= 15 is 0 Å². The van der Waals surface area contributed by atoms with Crippen molar-refractivity contribution < 1.29 is 23.9 Å². The number of ether oxygens (including phenoxy) is 2. The molecule has 0 atom stereocenters. The minimum absolute atomic E-state index is 0.0710. The van der Waals surface area contributed by atoms with E-state index in [4.69, 9.17) is 20.6 Å². The Morgan fingerprint density at radius 1 is 0.957 bits per heavy atom. The lowest BCUT2D eigenvalue weighted by atomic mass is 10.1. The van der Waals surface area contributed by atoms with Crippen molar-refractivity contribution in [3.05, 3.63) is 112 Å². The molecule has 0 saturated carbocycles. The number of aromatic nitrogens is 2. The monoisotopic (exact) mass is 639 g/mol. The van der Waals surface area contributed by atoms with E-state index in [2.05, 4.69) is 20.9 Å². The van der Waals surface area contributed by atoms with Gasteiger partial charge in [0.25, 0.3) is 5.56 Å². The zero-order chi connectivity index (χ0) is 33.9. The van der Waals surface area contributed by atoms with Gasteiger partial charge >= 0.3 is 12.1 Å². The van der Waals surface area contributed by atoms with Crippen molar-refractivity contribution in [3.63, 3.8) is 0 Å². The van der Waals surface area contributed by atoms with Gasteiger partial charge in [-0.05, 0) is 50.1 Å². The minimum Gasteiger partial charge on any atom is -0.462 e. The third-order valence-electron chi connectivity index (χ3n) is 6.72. The molecular formula is C34H37N7O6. The van der Waals surface area contributed by atoms with Crippen molar-refractivity contribution in [1.29, 1.82) is 5.41 Å². The lowest BCUT2D eigenvalue weighted by Crippen LogP contribution is -2.35. The van der Waals surface area contributed by atoms with Crippen molar-refractivity contribution in [1.82, 2.24) is 20.2 Å². The summed E-state index contributed by atoms with van der Waals surface area (Å²) in [5.74, 6) is -1.09. The lowest BCUT2D eigenvalue weighted by molar-refractivity contribution is -0.121. The van der Waals surface area contributed by atoms with Gasteiger partial charge in [0, 0.05) is 29.4 Å². The Balaban J connectivity index is 1.44. The highest BCUT2D eigenvalue weighted by Gasteiger charge is 2.18. The van der Waals surface area contributed by atoms with E-state index in [1.165, 1.54) is 22.9 Å². The summed E-state index contributed by atoms with van der Waals surface area (Å²) in [6, 6.07) is 20.4. The highest BCUT2D eigenvalue weighted by atomic mass is 16.5. The summed E-state index contributed by atoms with van der Waals surface area (Å²) in [7, 11) is 0. The standard InChI is InChI=1S/C34H37N7O6/c1-4-46-33(44)26-14-25(15-27(35)16-26)28-18-38-31(39-21(2)3)32(43)41(28)19-29(42)37-17-22-10-12-24(13-11-22)30(36)40-34(45)47-20-23-8-6-5-7-9-23/h5-16,18,21H,4,17,19-20,35H2,1-3H3,(H,37,42)(H,38,39)(H2,36,40,45). The molecular weight excluding hydrogens is 602 g/mol. The predicted octanol–water partition coefficient (Wildman–Crippen LogP) is 4.06. The van der Waals surface area contributed by atoms with Crippen molar-refractivity contribution in [3.8, 4) is 11.3 Å². The summed E-state index contributed by atoms with van der Waals surface area (Å²) in [5, 5.41) is 16.4. The molecule has 3 aromatic carbocycles. The molecule has 47 heavy (non-hydrogen) atoms. The van der Waals surface area contributed by atoms with Crippen molar-refractivity contribution >= 4 is 35.3 Å². The van der Waals surface area contributed by atoms with Crippen LogP contribution in [0.25, 0.3) is 11.3 Å². The van der Waals surface area contributed by atoms with E-state index in [0.717, 1.165) is 11.1 Å². The summed E-state index contributed by atoms with van der Waals surface area (Å²) in [5.41, 5.74) is 8.71. The second kappa shape index (κ2) is 15.8. The largest absolute Gasteiger partial charge is 0.462 e. The normalized spacial score (nSPS) is 10.6. The number of nitrogens with zero attached hydrogens (tertiary/aromatic N) is 2. The maximum atomic E-state index is 13.5. The first-order chi connectivity index (χ1) is 22.5. The van der Waals surface area contributed by atoms with Gasteiger partial charge in [-0.2, -0.15) is 0 Å². The van der Waals surface area contributed by atoms with Crippen LogP contribution in [0, 0.1) is 5.41 Å². The van der Waals surface area contributed by atoms with Crippen molar-refractivity contribution in [2.75, 3.05) is 17.7 Å². The van der Waals surface area contributed by atoms with Crippen LogP contribution in [-0.4, -0.2) is 46.0 Å². The molecule has 4 rings (SSSR count). The van der Waals surface area contributed by atoms with Crippen LogP contribution in [-0.2, 0) is 34.0 Å². The Kier molecular flexibility index (Phi) is 11.4. The summed E-state index contributed by atoms with van der Waals surface area (Å²) in [6.45, 7) is 5.45. The molecule has 4 aromatic rings. The number of nitrogens with two attached hydrogens (primary N) is 1. The van der Waals surface area contributed by atoms with Crippen LogP contribution in [0.2, 0.25) is 0 Å². The number of amidine groups is 1. The number of carbonyl (C=O) groups is 3. The van der Waals surface area contributed by atoms with E-state index in [0.29, 0.717) is 11.1 Å². The number of alkyl carbamates (subject to hydrolysis) is 1. The van der Waals surface area contributed by atoms with Gasteiger partial charge in [-0.1, -0.05) is 54.6 Å². The number of anilines is 2. The lowest BCUT2D eigenvalue weighted by Gasteiger charge is -2.17. The van der Waals surface area contributed by atoms with Crippen LogP contribution in [0.3, 0.4) is 0 Å². The van der Waals surface area contributed by atoms with Crippen LogP contribution in [0.15, 0.2) is 83.8 Å². The van der Waals surface area contributed by atoms with Crippen LogP contribution in [0.5, 0.6) is 0 Å². The number of carbonyl (C=O) groups excluding carboxylic acids is 3. The summed E-state index contributed by atoms with van der Waals surface area (Å²) >= 11 is 0. The third-order valence-corrected chi connectivity index (χ3v) is 6.72. The maximum Gasteiger partial charge on any atom is 0.413 e. The number of nitrogen functional groups attached to an aromatic ring is 1. The maximum absolute atomic E-state index is 13.5. The number of rotatable bonds is 12. The number of hydrogen-bond donors (Lipinski definition) is 5. The third kappa shape index (κ3) is 9.50. The molecule has 0 unspecified atom stereocenters. The molecule has 0 bridgehead atoms. The van der Waals surface area contributed by atoms with E-state index in [1.54, 1.807) is 37.3 Å². The van der Waals surface area contributed by atoms with Crippen LogP contribution < -0.4 is 27.2 Å². The molecule has 0 aliphatic carbocycles. The summed E-state index contributed by atoms with van der Waals surface area (Å²) in [6.07, 6.45) is 0.699. The van der Waals surface area contributed by atoms with Crippen molar-refractivity contribution in [2.24, 2.45) is 0 Å². The molecule has 0 radical (unpaired) electrons. The Morgan fingerprint density at radius 3 is 2.36 bits per heavy atom. The van der Waals surface area contributed by atoms with E-state index in [9.17, 15) is 19.2 Å². The zero-order valence-corrected chi connectivity index (χ0v) is 26.3. The number of nitrogens with one attached hydrogen (secondary N) is 4. The smallest absolute Gasteiger partial charge is 0.413 e. The number of hydrogen-bond acceptors (Lipinski definition) is 10. The van der Waals surface area contributed by atoms with Gasteiger partial charge in [-0.3, -0.25) is 24.9 Å². The van der Waals surface area contributed by atoms with Gasteiger partial charge in [0.1, 0.15) is 19.0 Å². The van der Waals surface area contributed by atoms with Crippen LogP contribution in [0.1, 0.15) is 47.8 Å². The topological polar surface area (TPSA) is 191 Å². The Hall–Kier alpha value is -5.98. The highest BCUT2D eigenvalue weighted by molar-refractivity contribution is 6.04. The Bertz CT molecular complexity index is 1800.